The molecule has 2 N–H and O–H groups in total. The number of hydrogen-bond donors (Lipinski definition) is 2. The van der Waals surface area contributed by atoms with Crippen molar-refractivity contribution >= 4 is 51.4 Å². The van der Waals surface area contributed by atoms with E-state index in [1.807, 2.05) is 95.9 Å². The van der Waals surface area contributed by atoms with Crippen LogP contribution in [-0.4, -0.2) is 36.4 Å². The highest BCUT2D eigenvalue weighted by Crippen LogP contribution is 2.26. The lowest BCUT2D eigenvalue weighted by Crippen LogP contribution is -2.29. The predicted molar refractivity (Wildman–Crippen MR) is 156 cm³/mol. The maximum absolute atomic E-state index is 13.2. The molecule has 8 heteroatoms. The number of fused-ring (bicyclic) bond motifs is 1. The average molecular weight is 531 g/mol. The summed E-state index contributed by atoms with van der Waals surface area (Å²) in [6.45, 7) is 0.0131. The molecule has 0 atom stereocenters. The Morgan fingerprint density at radius 1 is 0.725 bits per heavy atom. The maximum atomic E-state index is 13.2. The van der Waals surface area contributed by atoms with Crippen LogP contribution >= 0.6 is 0 Å². The molecule has 0 radical (unpaired) electrons. The molecule has 40 heavy (non-hydrogen) atoms. The Labute approximate surface area is 231 Å². The minimum Gasteiger partial charge on any atom is -0.465 e. The molecule has 8 nitrogen and oxygen atoms in total. The summed E-state index contributed by atoms with van der Waals surface area (Å²) < 4.78 is 4.88. The summed E-state index contributed by atoms with van der Waals surface area (Å²) in [5, 5.41) is 6.54. The standard InChI is InChI=1S/C32H26N4O4/c1-40-32(39)23-18-24(20-25(19-23)34-31(38)29-17-16-22-10-8-9-15-28(22)35-29)33-30(37)21-36(26-11-4-2-5-12-26)27-13-6-3-7-14-27/h2-20H,21H2,1H3,(H,33,37)(H,34,38). The Balaban J connectivity index is 1.38. The zero-order valence-electron chi connectivity index (χ0n) is 21.7. The minimum atomic E-state index is -0.606. The van der Waals surface area contributed by atoms with Crippen molar-refractivity contribution in [2.45, 2.75) is 0 Å². The largest absolute Gasteiger partial charge is 0.465 e. The Kier molecular flexibility index (Phi) is 7.78. The molecule has 5 aromatic rings. The van der Waals surface area contributed by atoms with Crippen LogP contribution in [-0.2, 0) is 9.53 Å². The van der Waals surface area contributed by atoms with E-state index < -0.39 is 11.9 Å². The van der Waals surface area contributed by atoms with Gasteiger partial charge < -0.3 is 20.3 Å². The van der Waals surface area contributed by atoms with Gasteiger partial charge in [0.25, 0.3) is 5.91 Å². The van der Waals surface area contributed by atoms with E-state index in [9.17, 15) is 14.4 Å². The zero-order valence-corrected chi connectivity index (χ0v) is 21.7. The topological polar surface area (TPSA) is 101 Å². The third-order valence-electron chi connectivity index (χ3n) is 6.16. The number of hydrogen-bond acceptors (Lipinski definition) is 6. The number of benzene rings is 4. The fourth-order valence-electron chi connectivity index (χ4n) is 4.29. The molecule has 0 saturated heterocycles. The number of nitrogens with one attached hydrogen (secondary N) is 2. The van der Waals surface area contributed by atoms with E-state index in [2.05, 4.69) is 15.6 Å². The van der Waals surface area contributed by atoms with E-state index in [1.54, 1.807) is 12.1 Å². The normalized spacial score (nSPS) is 10.5. The van der Waals surface area contributed by atoms with E-state index in [0.29, 0.717) is 16.9 Å². The summed E-state index contributed by atoms with van der Waals surface area (Å²) in [7, 11) is 1.27. The highest BCUT2D eigenvalue weighted by Gasteiger charge is 2.17. The fraction of sp³-hybridized carbons (Fsp3) is 0.0625. The van der Waals surface area contributed by atoms with Gasteiger partial charge in [0.15, 0.2) is 0 Å². The first-order chi connectivity index (χ1) is 19.5. The van der Waals surface area contributed by atoms with Crippen LogP contribution in [0.5, 0.6) is 0 Å². The van der Waals surface area contributed by atoms with Crippen LogP contribution in [0.25, 0.3) is 10.9 Å². The van der Waals surface area contributed by atoms with Crippen molar-refractivity contribution in [2.75, 3.05) is 29.2 Å². The van der Waals surface area contributed by atoms with Crippen LogP contribution < -0.4 is 15.5 Å². The van der Waals surface area contributed by atoms with Crippen molar-refractivity contribution in [3.63, 3.8) is 0 Å². The van der Waals surface area contributed by atoms with E-state index >= 15 is 0 Å². The van der Waals surface area contributed by atoms with Gasteiger partial charge in [-0.3, -0.25) is 9.59 Å². The summed E-state index contributed by atoms with van der Waals surface area (Å²) in [6, 6.07) is 34.6. The fourth-order valence-corrected chi connectivity index (χ4v) is 4.29. The molecule has 2 amide bonds. The highest BCUT2D eigenvalue weighted by atomic mass is 16.5. The van der Waals surface area contributed by atoms with Gasteiger partial charge in [-0.2, -0.15) is 0 Å². The molecule has 1 aromatic heterocycles. The number of methoxy groups -OCH3 is 1. The van der Waals surface area contributed by atoms with Crippen LogP contribution in [0.3, 0.4) is 0 Å². The van der Waals surface area contributed by atoms with Gasteiger partial charge in [-0.15, -0.1) is 0 Å². The third kappa shape index (κ3) is 6.14. The van der Waals surface area contributed by atoms with Gasteiger partial charge in [0.05, 0.1) is 18.2 Å². The maximum Gasteiger partial charge on any atom is 0.337 e. The van der Waals surface area contributed by atoms with Gasteiger partial charge in [-0.25, -0.2) is 9.78 Å². The SMILES string of the molecule is COC(=O)c1cc(NC(=O)CN(c2ccccc2)c2ccccc2)cc(NC(=O)c2ccc3ccccc3n2)c1. The Morgan fingerprint density at radius 2 is 1.32 bits per heavy atom. The van der Waals surface area contributed by atoms with Gasteiger partial charge in [0.2, 0.25) is 5.91 Å². The first-order valence-electron chi connectivity index (χ1n) is 12.6. The van der Waals surface area contributed by atoms with E-state index in [4.69, 9.17) is 4.74 Å². The number of anilines is 4. The number of ether oxygens (including phenoxy) is 1. The van der Waals surface area contributed by atoms with Gasteiger partial charge >= 0.3 is 5.97 Å². The van der Waals surface area contributed by atoms with Crippen molar-refractivity contribution < 1.29 is 19.1 Å². The molecule has 0 bridgehead atoms. The predicted octanol–water partition coefficient (Wildman–Crippen LogP) is 6.05. The van der Waals surface area contributed by atoms with Crippen LogP contribution in [0.1, 0.15) is 20.8 Å². The molecule has 0 aliphatic rings. The molecule has 5 rings (SSSR count). The lowest BCUT2D eigenvalue weighted by atomic mass is 10.1. The first kappa shape index (κ1) is 26.1. The van der Waals surface area contributed by atoms with Crippen molar-refractivity contribution in [2.24, 2.45) is 0 Å². The number of nitrogens with zero attached hydrogens (tertiary/aromatic N) is 2. The number of carbonyl (C=O) groups is 3. The second kappa shape index (κ2) is 11.9. The summed E-state index contributed by atoms with van der Waals surface area (Å²) in [6.07, 6.45) is 0. The third-order valence-corrected chi connectivity index (χ3v) is 6.16. The van der Waals surface area contributed by atoms with E-state index in [-0.39, 0.29) is 23.7 Å². The molecule has 198 valence electrons. The van der Waals surface area contributed by atoms with Gasteiger partial charge in [0, 0.05) is 28.1 Å². The molecule has 0 saturated carbocycles. The second-order valence-electron chi connectivity index (χ2n) is 8.94. The Hall–Kier alpha value is -5.50. The first-order valence-corrected chi connectivity index (χ1v) is 12.6. The average Bonchev–Trinajstić information content (AvgIpc) is 3.00. The summed E-state index contributed by atoms with van der Waals surface area (Å²) in [4.78, 5) is 44.9. The molecular formula is C32H26N4O4. The van der Waals surface area contributed by atoms with Crippen molar-refractivity contribution in [1.29, 1.82) is 0 Å². The molecular weight excluding hydrogens is 504 g/mol. The lowest BCUT2D eigenvalue weighted by molar-refractivity contribution is -0.114. The molecule has 0 aliphatic heterocycles. The van der Waals surface area contributed by atoms with Gasteiger partial charge in [-0.1, -0.05) is 60.7 Å². The Morgan fingerprint density at radius 3 is 1.98 bits per heavy atom. The second-order valence-corrected chi connectivity index (χ2v) is 8.94. The summed E-state index contributed by atoms with van der Waals surface area (Å²) in [5.74, 6) is -1.38. The van der Waals surface area contributed by atoms with Crippen molar-refractivity contribution in [1.82, 2.24) is 4.98 Å². The molecule has 1 heterocycles. The minimum absolute atomic E-state index is 0.0131. The summed E-state index contributed by atoms with van der Waals surface area (Å²) in [5.41, 5.74) is 3.41. The highest BCUT2D eigenvalue weighted by molar-refractivity contribution is 6.06. The smallest absolute Gasteiger partial charge is 0.337 e. The van der Waals surface area contributed by atoms with Crippen molar-refractivity contribution in [3.05, 3.63) is 127 Å². The monoisotopic (exact) mass is 530 g/mol. The summed E-state index contributed by atoms with van der Waals surface area (Å²) >= 11 is 0. The number of rotatable bonds is 8. The number of esters is 1. The number of amides is 2. The van der Waals surface area contributed by atoms with Crippen LogP contribution in [0.2, 0.25) is 0 Å². The van der Waals surface area contributed by atoms with Crippen LogP contribution in [0, 0.1) is 0 Å². The number of aromatic nitrogens is 1. The van der Waals surface area contributed by atoms with Gasteiger partial charge in [0.1, 0.15) is 12.2 Å². The molecule has 0 unspecified atom stereocenters. The number of para-hydroxylation sites is 3. The van der Waals surface area contributed by atoms with E-state index in [0.717, 1.165) is 16.8 Å². The quantitative estimate of drug-likeness (QED) is 0.237. The molecule has 0 spiro atoms. The van der Waals surface area contributed by atoms with Crippen LogP contribution in [0.15, 0.2) is 115 Å². The number of carbonyl (C=O) groups excluding carboxylic acids is 3. The number of pyridine rings is 1. The molecule has 4 aromatic carbocycles. The van der Waals surface area contributed by atoms with Crippen molar-refractivity contribution in [3.8, 4) is 0 Å². The van der Waals surface area contributed by atoms with Crippen LogP contribution in [0.4, 0.5) is 22.7 Å². The van der Waals surface area contributed by atoms with E-state index in [1.165, 1.54) is 19.2 Å². The molecule has 0 fully saturated rings. The Bertz CT molecular complexity index is 1630. The van der Waals surface area contributed by atoms with Gasteiger partial charge in [-0.05, 0) is 54.6 Å². The zero-order chi connectivity index (χ0) is 27.9. The lowest BCUT2D eigenvalue weighted by Gasteiger charge is -2.24. The molecule has 0 aliphatic carbocycles.